The minimum atomic E-state index is -1.18. The molecule has 7 aliphatic rings. The second-order valence-corrected chi connectivity index (χ2v) is 31.4. The van der Waals surface area contributed by atoms with Crippen LogP contribution in [0.4, 0.5) is 42.7 Å². The third-order valence-corrected chi connectivity index (χ3v) is 23.7. The van der Waals surface area contributed by atoms with Crippen LogP contribution in [0.5, 0.6) is 0 Å². The Balaban J connectivity index is 0.000000203. The molecule has 606 valence electrons. The average Bonchev–Trinajstić information content (AvgIpc) is 1.61. The quantitative estimate of drug-likeness (QED) is 0.0360. The van der Waals surface area contributed by atoms with Crippen LogP contribution in [-0.2, 0) is 9.59 Å². The van der Waals surface area contributed by atoms with Crippen molar-refractivity contribution < 1.29 is 49.2 Å². The number of likely N-dealkylation sites (tertiary alicyclic amines) is 2. The third-order valence-electron chi connectivity index (χ3n) is 23.7. The van der Waals surface area contributed by atoms with Crippen LogP contribution in [0.2, 0.25) is 0 Å². The Morgan fingerprint density at radius 3 is 1.19 bits per heavy atom. The Kier molecular flexibility index (Phi) is 25.5. The molecular formula is C82H108N22O10. The molecule has 4 saturated heterocycles. The number of nitrogens with zero attached hydrogens (tertiary/aromatic N) is 12. The molecule has 15 rings (SSSR count). The van der Waals surface area contributed by atoms with Crippen LogP contribution in [0.1, 0.15) is 144 Å². The van der Waals surface area contributed by atoms with Gasteiger partial charge in [0, 0.05) is 127 Å². The van der Waals surface area contributed by atoms with Gasteiger partial charge >= 0.3 is 24.1 Å². The van der Waals surface area contributed by atoms with Crippen molar-refractivity contribution in [2.24, 2.45) is 5.92 Å². The van der Waals surface area contributed by atoms with Crippen molar-refractivity contribution in [3.05, 3.63) is 156 Å². The van der Waals surface area contributed by atoms with Crippen LogP contribution in [0.3, 0.4) is 0 Å². The van der Waals surface area contributed by atoms with Gasteiger partial charge in [0.25, 0.3) is 0 Å². The second-order valence-electron chi connectivity index (χ2n) is 31.4. The van der Waals surface area contributed by atoms with Gasteiger partial charge in [0.1, 0.15) is 24.4 Å². The van der Waals surface area contributed by atoms with Crippen LogP contribution in [0.25, 0.3) is 22.3 Å². The van der Waals surface area contributed by atoms with Crippen molar-refractivity contribution in [3.63, 3.8) is 0 Å². The van der Waals surface area contributed by atoms with Gasteiger partial charge in [-0.15, -0.1) is 0 Å². The predicted molar refractivity (Wildman–Crippen MR) is 432 cm³/mol. The number of fused-ring (bicyclic) bond motifs is 2. The number of imidazole rings is 2. The van der Waals surface area contributed by atoms with E-state index in [2.05, 4.69) is 109 Å². The molecule has 10 amide bonds. The molecule has 32 nitrogen and oxygen atoms in total. The Labute approximate surface area is 662 Å². The summed E-state index contributed by atoms with van der Waals surface area (Å²) in [6, 6.07) is 37.7. The molecule has 32 heteroatoms. The van der Waals surface area contributed by atoms with Crippen molar-refractivity contribution in [1.82, 2.24) is 91.4 Å². The lowest BCUT2D eigenvalue weighted by Gasteiger charge is -2.32. The van der Waals surface area contributed by atoms with Gasteiger partial charge in [-0.2, -0.15) is 19.9 Å². The molecule has 114 heavy (non-hydrogen) atoms. The maximum absolute atomic E-state index is 13.4. The lowest BCUT2D eigenvalue weighted by molar-refractivity contribution is -0.123. The number of anilines is 4. The number of benzene rings is 4. The van der Waals surface area contributed by atoms with Gasteiger partial charge in [-0.25, -0.2) is 29.1 Å². The summed E-state index contributed by atoms with van der Waals surface area (Å²) in [5.74, 6) is 2.11. The summed E-state index contributed by atoms with van der Waals surface area (Å²) in [7, 11) is 1.59. The van der Waals surface area contributed by atoms with Crippen LogP contribution in [-0.4, -0.2) is 244 Å². The third kappa shape index (κ3) is 18.6. The van der Waals surface area contributed by atoms with E-state index in [0.717, 1.165) is 73.9 Å². The molecule has 0 unspecified atom stereocenters. The molecule has 8 heterocycles. The molecule has 4 aromatic heterocycles. The van der Waals surface area contributed by atoms with Crippen LogP contribution < -0.4 is 63.0 Å². The Hall–Kier alpha value is -11.0. The van der Waals surface area contributed by atoms with Crippen molar-refractivity contribution in [2.75, 3.05) is 92.9 Å². The standard InChI is InChI=1S/C49H67N13O6.C33H41N9O4/c1-3-40(63)56-38-24-39(43(65)42(38)64)62-29-51-41-44(50-25-37(31-10-6-4-7-11-31)32-12-8-5-9-13-32)57-46(58-45(41)62)59-22-19-35(27-59)52-47(66)53-36-20-23-61(28-36)49(68)55-34-16-14-33(15-17-34)54-48(67)60-21-18-30(2)26-60;1-3-26(43)38-24-16-25(29(45)28(24)44)42-19-36-27-30(35-17-23(20-10-6-4-7-11-20)21-12-8-5-9-13-21)39-32(40-31(27)42)41-15-14-22(18-41)37-33(46)34-2/h4-13,29-30,33-39,42-43,64-65H,3,14-28H2,1-2H3,(H,54,67)(H,55,68)(H,56,63)(H,50,57,58)(H2,52,53,66);4-13,19,22-25,28-29,44-45H,3,14-18H2,1-2H3,(H,38,43)(H2,34,37,46)(H,35,39,40)/t30-,33?,34?,35-,36-,38+,39-,42-,43+;22-,24+,25-,28-,29+/m11/s1. The van der Waals surface area contributed by atoms with Gasteiger partial charge in [0.2, 0.25) is 23.7 Å². The molecule has 4 aliphatic heterocycles. The van der Waals surface area contributed by atoms with E-state index in [1.165, 1.54) is 0 Å². The van der Waals surface area contributed by atoms with Gasteiger partial charge in [-0.05, 0) is 92.4 Å². The molecule has 4 aromatic carbocycles. The van der Waals surface area contributed by atoms with E-state index in [1.54, 1.807) is 47.6 Å². The second kappa shape index (κ2) is 36.5. The lowest BCUT2D eigenvalue weighted by atomic mass is 9.91. The number of urea groups is 4. The monoisotopic (exact) mass is 1560 g/mol. The summed E-state index contributed by atoms with van der Waals surface area (Å²) in [5.41, 5.74) is 6.59. The maximum Gasteiger partial charge on any atom is 0.317 e. The van der Waals surface area contributed by atoms with Crippen LogP contribution in [0.15, 0.2) is 134 Å². The highest BCUT2D eigenvalue weighted by Crippen LogP contribution is 2.39. The summed E-state index contributed by atoms with van der Waals surface area (Å²) in [4.78, 5) is 113. The number of hydrogen-bond acceptors (Lipinski definition) is 20. The first-order chi connectivity index (χ1) is 55.3. The minimum Gasteiger partial charge on any atom is -0.388 e. The zero-order valence-corrected chi connectivity index (χ0v) is 65.1. The maximum atomic E-state index is 13.4. The zero-order chi connectivity index (χ0) is 79.5. The molecule has 3 aliphatic carbocycles. The van der Waals surface area contributed by atoms with Gasteiger partial charge < -0.3 is 102 Å². The number of aliphatic hydroxyl groups excluding tert-OH is 4. The fourth-order valence-corrected chi connectivity index (χ4v) is 17.2. The Morgan fingerprint density at radius 1 is 0.430 bits per heavy atom. The Bertz CT molecular complexity index is 4520. The molecule has 0 radical (unpaired) electrons. The van der Waals surface area contributed by atoms with E-state index >= 15 is 0 Å². The van der Waals surface area contributed by atoms with E-state index in [0.29, 0.717) is 123 Å². The molecule has 0 bridgehead atoms. The fraction of sp³-hybridized carbons (Fsp3) is 0.512. The summed E-state index contributed by atoms with van der Waals surface area (Å²) >= 11 is 0. The van der Waals surface area contributed by atoms with Gasteiger partial charge in [-0.3, -0.25) is 9.59 Å². The van der Waals surface area contributed by atoms with Crippen molar-refractivity contribution in [1.29, 1.82) is 0 Å². The summed E-state index contributed by atoms with van der Waals surface area (Å²) < 4.78 is 3.55. The molecule has 14 N–H and O–H groups in total. The zero-order valence-electron chi connectivity index (χ0n) is 65.1. The summed E-state index contributed by atoms with van der Waals surface area (Å²) in [6.07, 6.45) is 6.07. The molecular weight excluding hydrogens is 1450 g/mol. The highest BCUT2D eigenvalue weighted by molar-refractivity contribution is 5.86. The molecule has 3 saturated carbocycles. The number of rotatable bonds is 23. The average molecular weight is 1560 g/mol. The molecule has 8 aromatic rings. The van der Waals surface area contributed by atoms with Gasteiger partial charge in [0.05, 0.1) is 36.8 Å². The van der Waals surface area contributed by atoms with Crippen LogP contribution >= 0.6 is 0 Å². The largest absolute Gasteiger partial charge is 0.388 e. The molecule has 0 spiro atoms. The predicted octanol–water partition coefficient (Wildman–Crippen LogP) is 5.80. The smallest absolute Gasteiger partial charge is 0.317 e. The summed E-state index contributed by atoms with van der Waals surface area (Å²) in [6.45, 7) is 11.4. The SMILES string of the molecule is CCC(=O)N[C@H]1C[C@@H](n2cnc3c(NCC(c4ccccc4)c4ccccc4)nc(N4CC[C@@H](NC(=O)NC)C4)nc32)[C@H](O)[C@@H]1O.CCC(=O)N[C@H]1C[C@@H](n2cnc3c(NCC(c4ccccc4)c4ccccc4)nc(N4CC[C@@H](NC(=O)N[C@@H]5CCN(C(=O)NC6CCC(NC(=O)N7CC[C@@H](C)C7)CC6)C5)C4)nc32)[C@H](O)[C@@H]1O. The highest BCUT2D eigenvalue weighted by atomic mass is 16.3. The molecule has 7 fully saturated rings. The number of aromatic nitrogens is 8. The topological polar surface area (TPSA) is 404 Å². The first-order valence-corrected chi connectivity index (χ1v) is 40.5. The number of carbonyl (C=O) groups is 6. The number of hydrogen-bond donors (Lipinski definition) is 14. The first kappa shape index (κ1) is 79.7. The van der Waals surface area contributed by atoms with E-state index in [4.69, 9.17) is 29.9 Å². The van der Waals surface area contributed by atoms with E-state index in [9.17, 15) is 49.2 Å². The highest BCUT2D eigenvalue weighted by Gasteiger charge is 2.46. The van der Waals surface area contributed by atoms with Crippen LogP contribution in [0, 0.1) is 5.92 Å². The van der Waals surface area contributed by atoms with Crippen molar-refractivity contribution in [2.45, 2.75) is 188 Å². The number of amides is 10. The minimum absolute atomic E-state index is 0.0155. The van der Waals surface area contributed by atoms with E-state index in [1.807, 2.05) is 87.5 Å². The van der Waals surface area contributed by atoms with Crippen molar-refractivity contribution >= 4 is 81.8 Å². The summed E-state index contributed by atoms with van der Waals surface area (Å²) in [5, 5.41) is 75.3. The number of nitrogens with one attached hydrogen (secondary N) is 10. The number of aliphatic hydroxyl groups is 4. The lowest BCUT2D eigenvalue weighted by Crippen LogP contribution is -2.50. The first-order valence-electron chi connectivity index (χ1n) is 40.5. The Morgan fingerprint density at radius 2 is 0.807 bits per heavy atom. The van der Waals surface area contributed by atoms with Gasteiger partial charge in [-0.1, -0.05) is 142 Å². The normalized spacial score (nSPS) is 25.4. The fourth-order valence-electron chi connectivity index (χ4n) is 17.2. The van der Waals surface area contributed by atoms with Crippen molar-refractivity contribution in [3.8, 4) is 0 Å². The van der Waals surface area contributed by atoms with E-state index in [-0.39, 0.29) is 97.2 Å². The molecule has 12 atom stereocenters. The van der Waals surface area contributed by atoms with Gasteiger partial charge in [0.15, 0.2) is 34.0 Å². The van der Waals surface area contributed by atoms with E-state index < -0.39 is 48.6 Å². The number of carbonyl (C=O) groups excluding carboxylic acids is 6.